The molecule has 0 saturated carbocycles. The van der Waals surface area contributed by atoms with E-state index in [1.54, 1.807) is 12.1 Å². The second-order valence-electron chi connectivity index (χ2n) is 4.52. The van der Waals surface area contributed by atoms with Crippen LogP contribution in [0, 0.1) is 0 Å². The van der Waals surface area contributed by atoms with Gasteiger partial charge in [-0.05, 0) is 36.6 Å². The van der Waals surface area contributed by atoms with Crippen LogP contribution in [0.2, 0.25) is 0 Å². The highest BCUT2D eigenvalue weighted by Gasteiger charge is 2.24. The lowest BCUT2D eigenvalue weighted by atomic mass is 10.0. The Morgan fingerprint density at radius 1 is 1.16 bits per heavy atom. The second kappa shape index (κ2) is 4.68. The molecular weight excluding hydrogens is 290 g/mol. The molecule has 0 aromatic heterocycles. The average Bonchev–Trinajstić information content (AvgIpc) is 2.24. The Labute approximate surface area is 113 Å². The number of nitrogens with zero attached hydrogens (tertiary/aromatic N) is 1. The Kier molecular flexibility index (Phi) is 3.48. The molecule has 0 amide bonds. The Balaban J connectivity index is 2.42. The van der Waals surface area contributed by atoms with Gasteiger partial charge in [0.05, 0.1) is 18.2 Å². The molecule has 0 atom stereocenters. The molecule has 106 valence electrons. The van der Waals surface area contributed by atoms with Crippen LogP contribution in [0.4, 0.5) is 5.69 Å². The lowest BCUT2D eigenvalue weighted by molar-refractivity contribution is 0.492. The molecule has 0 bridgehead atoms. The van der Waals surface area contributed by atoms with Gasteiger partial charge in [-0.2, -0.15) is 8.42 Å². The van der Waals surface area contributed by atoms with Gasteiger partial charge >= 0.3 is 10.1 Å². The molecule has 1 aromatic carbocycles. The molecule has 8 heteroatoms. The number of fused-ring (bicyclic) bond motifs is 1. The van der Waals surface area contributed by atoms with E-state index in [2.05, 4.69) is 0 Å². The second-order valence-corrected chi connectivity index (χ2v) is 8.00. The lowest BCUT2D eigenvalue weighted by Crippen LogP contribution is -2.34. The van der Waals surface area contributed by atoms with E-state index >= 15 is 0 Å². The van der Waals surface area contributed by atoms with Crippen molar-refractivity contribution in [2.75, 3.05) is 23.4 Å². The zero-order valence-corrected chi connectivity index (χ0v) is 12.3. The summed E-state index contributed by atoms with van der Waals surface area (Å²) in [7, 11) is -6.89. The van der Waals surface area contributed by atoms with E-state index in [9.17, 15) is 16.8 Å². The average molecular weight is 305 g/mol. The predicted molar refractivity (Wildman–Crippen MR) is 72.4 cm³/mol. The van der Waals surface area contributed by atoms with Gasteiger partial charge in [-0.25, -0.2) is 8.42 Å². The summed E-state index contributed by atoms with van der Waals surface area (Å²) in [5, 5.41) is 0. The van der Waals surface area contributed by atoms with Gasteiger partial charge in [0, 0.05) is 6.54 Å². The van der Waals surface area contributed by atoms with Crippen molar-refractivity contribution >= 4 is 25.8 Å². The van der Waals surface area contributed by atoms with E-state index in [-0.39, 0.29) is 5.75 Å². The minimum Gasteiger partial charge on any atom is -0.383 e. The third kappa shape index (κ3) is 3.38. The molecule has 1 aliphatic heterocycles. The standard InChI is InChI=1S/C11H15NO5S2/c1-18(13,14)12-7-3-4-9-8-10(5-6-11(9)12)17-19(2,15)16/h5-6,8H,3-4,7H2,1-2H3. The quantitative estimate of drug-likeness (QED) is 0.769. The maximum atomic E-state index is 11.7. The van der Waals surface area contributed by atoms with Crippen LogP contribution in [-0.2, 0) is 26.6 Å². The van der Waals surface area contributed by atoms with Crippen LogP contribution < -0.4 is 8.49 Å². The fourth-order valence-electron chi connectivity index (χ4n) is 2.11. The van der Waals surface area contributed by atoms with E-state index in [0.717, 1.165) is 18.1 Å². The van der Waals surface area contributed by atoms with Crippen molar-refractivity contribution in [2.24, 2.45) is 0 Å². The minimum absolute atomic E-state index is 0.205. The van der Waals surface area contributed by atoms with Gasteiger partial charge in [0.15, 0.2) is 0 Å². The predicted octanol–water partition coefficient (Wildman–Crippen LogP) is 0.737. The molecule has 2 rings (SSSR count). The highest BCUT2D eigenvalue weighted by Crippen LogP contribution is 2.32. The van der Waals surface area contributed by atoms with Gasteiger partial charge < -0.3 is 4.18 Å². The summed E-state index contributed by atoms with van der Waals surface area (Å²) < 4.78 is 51.6. The van der Waals surface area contributed by atoms with Gasteiger partial charge in [-0.1, -0.05) is 0 Å². The van der Waals surface area contributed by atoms with Crippen molar-refractivity contribution < 1.29 is 21.0 Å². The fraction of sp³-hybridized carbons (Fsp3) is 0.455. The number of benzene rings is 1. The van der Waals surface area contributed by atoms with Crippen LogP contribution in [0.25, 0.3) is 0 Å². The molecule has 1 aliphatic rings. The highest BCUT2D eigenvalue weighted by molar-refractivity contribution is 7.92. The summed E-state index contributed by atoms with van der Waals surface area (Å²) in [6.45, 7) is 0.443. The summed E-state index contributed by atoms with van der Waals surface area (Å²) in [5.74, 6) is 0.205. The van der Waals surface area contributed by atoms with E-state index < -0.39 is 20.1 Å². The number of sulfonamides is 1. The molecule has 0 unspecified atom stereocenters. The lowest BCUT2D eigenvalue weighted by Gasteiger charge is -2.29. The number of rotatable bonds is 3. The van der Waals surface area contributed by atoms with E-state index in [1.165, 1.54) is 10.4 Å². The van der Waals surface area contributed by atoms with Crippen molar-refractivity contribution in [3.63, 3.8) is 0 Å². The summed E-state index contributed by atoms with van der Waals surface area (Å²) in [6.07, 6.45) is 3.52. The van der Waals surface area contributed by atoms with Crippen LogP contribution in [0.3, 0.4) is 0 Å². The molecule has 0 fully saturated rings. The van der Waals surface area contributed by atoms with Crippen molar-refractivity contribution in [1.82, 2.24) is 0 Å². The van der Waals surface area contributed by atoms with Gasteiger partial charge in [-0.3, -0.25) is 4.31 Å². The Bertz CT molecular complexity index is 694. The van der Waals surface area contributed by atoms with Crippen LogP contribution in [0.15, 0.2) is 18.2 Å². The normalized spacial score (nSPS) is 16.0. The summed E-state index contributed by atoms with van der Waals surface area (Å²) in [6, 6.07) is 4.62. The van der Waals surface area contributed by atoms with E-state index in [4.69, 9.17) is 4.18 Å². The van der Waals surface area contributed by atoms with Crippen LogP contribution >= 0.6 is 0 Å². The third-order valence-electron chi connectivity index (χ3n) is 2.77. The van der Waals surface area contributed by atoms with Gasteiger partial charge in [0.25, 0.3) is 0 Å². The van der Waals surface area contributed by atoms with Crippen molar-refractivity contribution in [2.45, 2.75) is 12.8 Å². The Morgan fingerprint density at radius 3 is 2.42 bits per heavy atom. The largest absolute Gasteiger partial charge is 0.383 e. The Morgan fingerprint density at radius 2 is 1.84 bits per heavy atom. The first-order chi connectivity index (χ1) is 8.67. The first-order valence-electron chi connectivity index (χ1n) is 5.67. The molecule has 0 saturated heterocycles. The summed E-state index contributed by atoms with van der Waals surface area (Å²) >= 11 is 0. The number of aryl methyl sites for hydroxylation is 1. The monoisotopic (exact) mass is 305 g/mol. The van der Waals surface area contributed by atoms with Crippen molar-refractivity contribution in [1.29, 1.82) is 0 Å². The molecule has 19 heavy (non-hydrogen) atoms. The molecule has 0 radical (unpaired) electrons. The van der Waals surface area contributed by atoms with Gasteiger partial charge in [0.1, 0.15) is 5.75 Å². The zero-order valence-electron chi connectivity index (χ0n) is 10.7. The van der Waals surface area contributed by atoms with Crippen molar-refractivity contribution in [3.05, 3.63) is 23.8 Å². The molecule has 0 spiro atoms. The molecule has 0 aliphatic carbocycles. The maximum absolute atomic E-state index is 11.7. The van der Waals surface area contributed by atoms with Crippen LogP contribution in [0.5, 0.6) is 5.75 Å². The summed E-state index contributed by atoms with van der Waals surface area (Å²) in [4.78, 5) is 0. The fourth-order valence-corrected chi connectivity index (χ4v) is 3.56. The SMILES string of the molecule is CS(=O)(=O)Oc1ccc2c(c1)CCCN2S(C)(=O)=O. The molecule has 1 aromatic rings. The minimum atomic E-state index is -3.58. The number of anilines is 1. The van der Waals surface area contributed by atoms with Crippen molar-refractivity contribution in [3.8, 4) is 5.75 Å². The van der Waals surface area contributed by atoms with Crippen LogP contribution in [0.1, 0.15) is 12.0 Å². The highest BCUT2D eigenvalue weighted by atomic mass is 32.2. The van der Waals surface area contributed by atoms with Crippen LogP contribution in [-0.4, -0.2) is 35.9 Å². The smallest absolute Gasteiger partial charge is 0.306 e. The molecular formula is C11H15NO5S2. The molecule has 1 heterocycles. The van der Waals surface area contributed by atoms with E-state index in [0.29, 0.717) is 25.1 Å². The summed E-state index contributed by atoms with van der Waals surface area (Å²) in [5.41, 5.74) is 1.37. The topological polar surface area (TPSA) is 80.8 Å². The third-order valence-corrected chi connectivity index (χ3v) is 4.45. The number of hydrogen-bond donors (Lipinski definition) is 0. The number of hydrogen-bond acceptors (Lipinski definition) is 5. The van der Waals surface area contributed by atoms with Gasteiger partial charge in [0.2, 0.25) is 10.0 Å². The molecule has 6 nitrogen and oxygen atoms in total. The maximum Gasteiger partial charge on any atom is 0.306 e. The molecule has 0 N–H and O–H groups in total. The Hall–Kier alpha value is -1.28. The first kappa shape index (κ1) is 14.1. The van der Waals surface area contributed by atoms with E-state index in [1.807, 2.05) is 0 Å². The first-order valence-corrected chi connectivity index (χ1v) is 9.33. The van der Waals surface area contributed by atoms with Gasteiger partial charge in [-0.15, -0.1) is 0 Å². The zero-order chi connectivity index (χ0) is 14.3.